The van der Waals surface area contributed by atoms with Crippen molar-refractivity contribution in [2.75, 3.05) is 32.7 Å². The number of carbonyl (C=O) groups is 2. The van der Waals surface area contributed by atoms with Gasteiger partial charge in [0.25, 0.3) is 10.2 Å². The van der Waals surface area contributed by atoms with E-state index in [9.17, 15) is 31.2 Å². The molecular formula is C24H33F3N4O4S. The van der Waals surface area contributed by atoms with Crippen LogP contribution in [0.5, 0.6) is 0 Å². The molecular weight excluding hydrogens is 497 g/mol. The summed E-state index contributed by atoms with van der Waals surface area (Å²) in [4.78, 5) is 27.8. The molecule has 0 radical (unpaired) electrons. The van der Waals surface area contributed by atoms with E-state index in [1.54, 1.807) is 4.90 Å². The molecule has 0 saturated carbocycles. The maximum Gasteiger partial charge on any atom is 0.416 e. The van der Waals surface area contributed by atoms with Crippen molar-refractivity contribution < 1.29 is 31.2 Å². The minimum atomic E-state index is -4.42. The Hall–Kier alpha value is -2.18. The molecule has 0 aromatic heterocycles. The molecule has 3 saturated heterocycles. The van der Waals surface area contributed by atoms with E-state index in [0.717, 1.165) is 31.4 Å². The summed E-state index contributed by atoms with van der Waals surface area (Å²) in [5.41, 5.74) is -0.230. The first-order chi connectivity index (χ1) is 17.1. The zero-order valence-electron chi connectivity index (χ0n) is 20.2. The summed E-state index contributed by atoms with van der Waals surface area (Å²) >= 11 is 0. The second-order valence-corrected chi connectivity index (χ2v) is 11.7. The number of carbonyl (C=O) groups excluding carboxylic acids is 2. The third kappa shape index (κ3) is 6.03. The molecule has 3 fully saturated rings. The summed E-state index contributed by atoms with van der Waals surface area (Å²) in [6.45, 7) is 2.00. The van der Waals surface area contributed by atoms with Gasteiger partial charge in [0.1, 0.15) is 6.04 Å². The molecule has 3 aliphatic heterocycles. The van der Waals surface area contributed by atoms with Crippen LogP contribution in [0.2, 0.25) is 0 Å². The molecule has 2 atom stereocenters. The lowest BCUT2D eigenvalue weighted by molar-refractivity contribution is -0.142. The Kier molecular flexibility index (Phi) is 8.25. The summed E-state index contributed by atoms with van der Waals surface area (Å²) in [7, 11) is -3.61. The van der Waals surface area contributed by atoms with Crippen LogP contribution in [0.4, 0.5) is 13.2 Å². The monoisotopic (exact) mass is 530 g/mol. The lowest BCUT2D eigenvalue weighted by Crippen LogP contribution is -2.53. The van der Waals surface area contributed by atoms with Gasteiger partial charge in [0.05, 0.1) is 11.5 Å². The van der Waals surface area contributed by atoms with Crippen molar-refractivity contribution in [3.05, 3.63) is 35.4 Å². The molecule has 0 bridgehead atoms. The third-order valence-corrected chi connectivity index (χ3v) is 9.29. The molecule has 0 aliphatic carbocycles. The van der Waals surface area contributed by atoms with Crippen LogP contribution in [0.25, 0.3) is 0 Å². The first-order valence-electron chi connectivity index (χ1n) is 12.6. The topological polar surface area (TPSA) is 90.0 Å². The Morgan fingerprint density at radius 3 is 2.19 bits per heavy atom. The summed E-state index contributed by atoms with van der Waals surface area (Å²) < 4.78 is 67.4. The predicted octanol–water partition coefficient (Wildman–Crippen LogP) is 2.76. The smallest absolute Gasteiger partial charge is 0.350 e. The number of hydrogen-bond acceptors (Lipinski definition) is 4. The van der Waals surface area contributed by atoms with Crippen LogP contribution in [-0.4, -0.2) is 72.5 Å². The Balaban J connectivity index is 1.35. The van der Waals surface area contributed by atoms with E-state index < -0.39 is 33.9 Å². The molecule has 1 N–H and O–H groups in total. The second kappa shape index (κ2) is 11.1. The average Bonchev–Trinajstić information content (AvgIpc) is 3.37. The number of alkyl halides is 3. The number of hydrogen-bond donors (Lipinski definition) is 1. The van der Waals surface area contributed by atoms with Crippen LogP contribution < -0.4 is 5.32 Å². The van der Waals surface area contributed by atoms with Crippen LogP contribution in [0.3, 0.4) is 0 Å². The number of piperidine rings is 2. The lowest BCUT2D eigenvalue weighted by atomic mass is 9.97. The Bertz CT molecular complexity index is 1040. The minimum absolute atomic E-state index is 0.0563. The molecule has 1 aromatic carbocycles. The fourth-order valence-corrected chi connectivity index (χ4v) is 7.04. The minimum Gasteiger partial charge on any atom is -0.350 e. The largest absolute Gasteiger partial charge is 0.416 e. The van der Waals surface area contributed by atoms with Gasteiger partial charge in [-0.1, -0.05) is 18.6 Å². The van der Waals surface area contributed by atoms with E-state index >= 15 is 0 Å². The fourth-order valence-electron chi connectivity index (χ4n) is 5.27. The zero-order valence-corrected chi connectivity index (χ0v) is 21.0. The quantitative estimate of drug-likeness (QED) is 0.613. The van der Waals surface area contributed by atoms with Crippen LogP contribution in [0.15, 0.2) is 24.3 Å². The normalized spacial score (nSPS) is 24.6. The Morgan fingerprint density at radius 1 is 0.889 bits per heavy atom. The highest BCUT2D eigenvalue weighted by Crippen LogP contribution is 2.30. The molecule has 3 heterocycles. The van der Waals surface area contributed by atoms with Crippen molar-refractivity contribution in [2.45, 2.75) is 63.7 Å². The van der Waals surface area contributed by atoms with E-state index in [1.165, 1.54) is 20.7 Å². The first-order valence-corrected chi connectivity index (χ1v) is 14.0. The van der Waals surface area contributed by atoms with Gasteiger partial charge >= 0.3 is 6.18 Å². The molecule has 8 nitrogen and oxygen atoms in total. The molecule has 3 aliphatic rings. The van der Waals surface area contributed by atoms with Gasteiger partial charge in [-0.25, -0.2) is 0 Å². The maximum absolute atomic E-state index is 13.4. The summed E-state index contributed by atoms with van der Waals surface area (Å²) in [5, 5.41) is 2.74. The van der Waals surface area contributed by atoms with Crippen LogP contribution >= 0.6 is 0 Å². The zero-order chi connectivity index (χ0) is 25.9. The number of likely N-dealkylation sites (tertiary alicyclic amines) is 1. The summed E-state index contributed by atoms with van der Waals surface area (Å²) in [6.07, 6.45) is 0.584. The first kappa shape index (κ1) is 26.9. The van der Waals surface area contributed by atoms with Gasteiger partial charge in [0, 0.05) is 39.3 Å². The van der Waals surface area contributed by atoms with E-state index in [1.807, 2.05) is 0 Å². The summed E-state index contributed by atoms with van der Waals surface area (Å²) in [6, 6.07) is 3.92. The predicted molar refractivity (Wildman–Crippen MR) is 127 cm³/mol. The van der Waals surface area contributed by atoms with Crippen LogP contribution in [-0.2, 0) is 32.5 Å². The molecule has 2 amide bonds. The van der Waals surface area contributed by atoms with Crippen LogP contribution in [0, 0.1) is 5.92 Å². The number of amides is 2. The molecule has 1 unspecified atom stereocenters. The number of nitrogens with zero attached hydrogens (tertiary/aromatic N) is 3. The summed E-state index contributed by atoms with van der Waals surface area (Å²) in [5.74, 6) is -1.06. The number of halogens is 3. The molecule has 4 rings (SSSR count). The van der Waals surface area contributed by atoms with Crippen molar-refractivity contribution in [1.29, 1.82) is 0 Å². The van der Waals surface area contributed by atoms with Crippen molar-refractivity contribution in [2.24, 2.45) is 5.92 Å². The molecule has 0 spiro atoms. The molecule has 200 valence electrons. The number of benzene rings is 1. The lowest BCUT2D eigenvalue weighted by Gasteiger charge is -2.37. The van der Waals surface area contributed by atoms with E-state index in [4.69, 9.17) is 0 Å². The highest BCUT2D eigenvalue weighted by molar-refractivity contribution is 7.86. The molecule has 1 aromatic rings. The Morgan fingerprint density at radius 2 is 1.53 bits per heavy atom. The second-order valence-electron chi connectivity index (χ2n) is 9.77. The highest BCUT2D eigenvalue weighted by Gasteiger charge is 2.41. The fraction of sp³-hybridized carbons (Fsp3) is 0.667. The van der Waals surface area contributed by atoms with E-state index in [0.29, 0.717) is 57.4 Å². The van der Waals surface area contributed by atoms with Gasteiger partial charge in [-0.3, -0.25) is 9.59 Å². The van der Waals surface area contributed by atoms with Crippen molar-refractivity contribution in [3.63, 3.8) is 0 Å². The third-order valence-electron chi connectivity index (χ3n) is 7.29. The van der Waals surface area contributed by atoms with Crippen LogP contribution in [0.1, 0.15) is 56.1 Å². The van der Waals surface area contributed by atoms with Crippen molar-refractivity contribution in [3.8, 4) is 0 Å². The van der Waals surface area contributed by atoms with Gasteiger partial charge in [-0.15, -0.1) is 0 Å². The van der Waals surface area contributed by atoms with Gasteiger partial charge in [0.2, 0.25) is 11.8 Å². The maximum atomic E-state index is 13.4. The van der Waals surface area contributed by atoms with E-state index in [-0.39, 0.29) is 24.9 Å². The van der Waals surface area contributed by atoms with Crippen molar-refractivity contribution in [1.82, 2.24) is 18.8 Å². The SMILES string of the molecule is O=C(NCc1ccc(C(F)(F)F)cc1)[C@H]1CCCN1C(=O)C1CCCN(S(=O)(=O)N2CCCCC2)C1. The molecule has 36 heavy (non-hydrogen) atoms. The van der Waals surface area contributed by atoms with Gasteiger partial charge in [-0.05, 0) is 56.2 Å². The van der Waals surface area contributed by atoms with Gasteiger partial charge < -0.3 is 10.2 Å². The van der Waals surface area contributed by atoms with Gasteiger partial charge in [-0.2, -0.15) is 30.2 Å². The van der Waals surface area contributed by atoms with Crippen molar-refractivity contribution >= 4 is 22.0 Å². The molecule has 12 heteroatoms. The number of nitrogens with one attached hydrogen (secondary N) is 1. The number of rotatable bonds is 6. The Labute approximate surface area is 210 Å². The van der Waals surface area contributed by atoms with E-state index in [2.05, 4.69) is 5.32 Å². The van der Waals surface area contributed by atoms with Gasteiger partial charge in [0.15, 0.2) is 0 Å². The standard InChI is InChI=1S/C24H33F3N4O4S/c25-24(26,27)20-10-8-18(9-11-20)16-28-22(32)21-7-5-15-31(21)23(33)19-6-4-14-30(17-19)36(34,35)29-12-2-1-3-13-29/h8-11,19,21H,1-7,12-17H2,(H,28,32)/t19?,21-/m1/s1. The highest BCUT2D eigenvalue weighted by atomic mass is 32.2. The average molecular weight is 531 g/mol.